The zero-order chi connectivity index (χ0) is 29.4. The number of halogens is 1. The van der Waals surface area contributed by atoms with E-state index in [2.05, 4.69) is 5.32 Å². The van der Waals surface area contributed by atoms with Gasteiger partial charge >= 0.3 is 6.09 Å². The summed E-state index contributed by atoms with van der Waals surface area (Å²) < 4.78 is 10.6. The Hall–Kier alpha value is -3.21. The lowest BCUT2D eigenvalue weighted by molar-refractivity contribution is 0.105. The molecule has 40 heavy (non-hydrogen) atoms. The highest BCUT2D eigenvalue weighted by Crippen LogP contribution is 2.33. The number of aryl methyl sites for hydroxylation is 1. The van der Waals surface area contributed by atoms with Crippen molar-refractivity contribution in [2.45, 2.75) is 52.6 Å². The SMILES string of the molecule is CNC[C@@H](O)COc1ccc(Cl)c(-c2nc(CCC3CCN(C(=O)OC)CC3)c(C)c(/C(C(C)=N)=C(\C)O)n2)c1. The van der Waals surface area contributed by atoms with E-state index in [1.54, 1.807) is 44.0 Å². The average molecular weight is 574 g/mol. The van der Waals surface area contributed by atoms with Crippen LogP contribution in [0.15, 0.2) is 24.0 Å². The molecule has 2 aromatic rings. The molecule has 3 rings (SSSR count). The summed E-state index contributed by atoms with van der Waals surface area (Å²) in [5.41, 5.74) is 3.18. The summed E-state index contributed by atoms with van der Waals surface area (Å²) in [5, 5.41) is 32.1. The second-order valence-corrected chi connectivity index (χ2v) is 10.6. The molecule has 0 unspecified atom stereocenters. The number of ether oxygens (including phenoxy) is 2. The van der Waals surface area contributed by atoms with E-state index < -0.39 is 6.10 Å². The van der Waals surface area contributed by atoms with Gasteiger partial charge in [-0.1, -0.05) is 11.6 Å². The fraction of sp³-hybridized carbons (Fsp3) is 0.517. The molecule has 4 N–H and O–H groups in total. The topological polar surface area (TPSA) is 141 Å². The van der Waals surface area contributed by atoms with Crippen LogP contribution in [-0.2, 0) is 11.2 Å². The van der Waals surface area contributed by atoms with Crippen LogP contribution in [0.1, 0.15) is 50.1 Å². The number of methoxy groups -OCH3 is 1. The molecule has 1 aromatic carbocycles. The Morgan fingerprint density at radius 2 is 1.98 bits per heavy atom. The van der Waals surface area contributed by atoms with E-state index in [9.17, 15) is 15.0 Å². The van der Waals surface area contributed by atoms with Crippen LogP contribution in [0.3, 0.4) is 0 Å². The van der Waals surface area contributed by atoms with Gasteiger partial charge in [-0.15, -0.1) is 0 Å². The Labute approximate surface area is 240 Å². The van der Waals surface area contributed by atoms with Crippen molar-refractivity contribution in [3.63, 3.8) is 0 Å². The number of amides is 1. The van der Waals surface area contributed by atoms with Gasteiger partial charge in [0.1, 0.15) is 24.2 Å². The number of carbonyl (C=O) groups excluding carboxylic acids is 1. The molecule has 0 spiro atoms. The molecule has 11 heteroatoms. The molecule has 0 saturated carbocycles. The third kappa shape index (κ3) is 7.93. The summed E-state index contributed by atoms with van der Waals surface area (Å²) in [4.78, 5) is 23.3. The Bertz CT molecular complexity index is 1240. The maximum atomic E-state index is 11.8. The first-order chi connectivity index (χ1) is 19.0. The number of piperidine rings is 1. The van der Waals surface area contributed by atoms with Gasteiger partial charge in [0.25, 0.3) is 0 Å². The number of allylic oxidation sites excluding steroid dienone is 2. The molecule has 0 radical (unpaired) electrons. The number of carbonyl (C=O) groups is 1. The van der Waals surface area contributed by atoms with E-state index in [1.807, 2.05) is 6.92 Å². The van der Waals surface area contributed by atoms with Crippen LogP contribution in [0.25, 0.3) is 17.0 Å². The average Bonchev–Trinajstić information content (AvgIpc) is 2.92. The van der Waals surface area contributed by atoms with Crippen molar-refractivity contribution in [2.75, 3.05) is 40.4 Å². The first-order valence-corrected chi connectivity index (χ1v) is 13.8. The van der Waals surface area contributed by atoms with Crippen molar-refractivity contribution in [2.24, 2.45) is 5.92 Å². The van der Waals surface area contributed by atoms with Crippen LogP contribution in [0.2, 0.25) is 5.02 Å². The van der Waals surface area contributed by atoms with Gasteiger partial charge < -0.3 is 35.3 Å². The van der Waals surface area contributed by atoms with E-state index in [0.717, 1.165) is 30.5 Å². The zero-order valence-corrected chi connectivity index (χ0v) is 24.6. The number of benzene rings is 1. The second-order valence-electron chi connectivity index (χ2n) is 10.2. The van der Waals surface area contributed by atoms with E-state index in [0.29, 0.717) is 65.4 Å². The number of nitrogens with one attached hydrogen (secondary N) is 2. The van der Waals surface area contributed by atoms with Crippen molar-refractivity contribution < 1.29 is 24.5 Å². The molecule has 1 aliphatic rings. The van der Waals surface area contributed by atoms with Crippen molar-refractivity contribution in [1.82, 2.24) is 20.2 Å². The first-order valence-electron chi connectivity index (χ1n) is 13.5. The summed E-state index contributed by atoms with van der Waals surface area (Å²) in [5.74, 6) is 1.30. The van der Waals surface area contributed by atoms with E-state index in [-0.39, 0.29) is 24.2 Å². The molecule has 218 valence electrons. The van der Waals surface area contributed by atoms with Crippen molar-refractivity contribution >= 4 is 29.0 Å². The number of nitrogens with zero attached hydrogens (tertiary/aromatic N) is 3. The van der Waals surface area contributed by atoms with Crippen molar-refractivity contribution in [1.29, 1.82) is 5.41 Å². The number of hydrogen-bond donors (Lipinski definition) is 4. The number of aliphatic hydroxyl groups excluding tert-OH is 2. The molecule has 10 nitrogen and oxygen atoms in total. The Kier molecular flexibility index (Phi) is 11.3. The van der Waals surface area contributed by atoms with Crippen LogP contribution in [0.4, 0.5) is 4.79 Å². The molecule has 1 atom stereocenters. The molecule has 1 aliphatic heterocycles. The zero-order valence-electron chi connectivity index (χ0n) is 23.9. The third-order valence-corrected chi connectivity index (χ3v) is 7.45. The number of aliphatic hydroxyl groups is 2. The molecule has 2 heterocycles. The van der Waals surface area contributed by atoms with Crippen molar-refractivity contribution in [3.8, 4) is 17.1 Å². The molecule has 1 aromatic heterocycles. The van der Waals surface area contributed by atoms with Gasteiger partial charge in [0.2, 0.25) is 0 Å². The lowest BCUT2D eigenvalue weighted by atomic mass is 9.90. The predicted molar refractivity (Wildman–Crippen MR) is 156 cm³/mol. The summed E-state index contributed by atoms with van der Waals surface area (Å²) in [6.45, 7) is 6.88. The third-order valence-electron chi connectivity index (χ3n) is 7.12. The van der Waals surface area contributed by atoms with Crippen LogP contribution in [0, 0.1) is 18.3 Å². The fourth-order valence-corrected chi connectivity index (χ4v) is 5.12. The number of aromatic nitrogens is 2. The van der Waals surface area contributed by atoms with Crippen LogP contribution >= 0.6 is 11.6 Å². The normalized spacial score (nSPS) is 15.4. The van der Waals surface area contributed by atoms with Crippen molar-refractivity contribution in [3.05, 3.63) is 45.9 Å². The lowest BCUT2D eigenvalue weighted by Gasteiger charge is -2.31. The van der Waals surface area contributed by atoms with Gasteiger partial charge in [-0.2, -0.15) is 0 Å². The van der Waals surface area contributed by atoms with E-state index in [1.165, 1.54) is 7.11 Å². The minimum atomic E-state index is -0.673. The van der Waals surface area contributed by atoms with Crippen LogP contribution in [-0.4, -0.2) is 83.4 Å². The van der Waals surface area contributed by atoms with Gasteiger partial charge in [0.05, 0.1) is 23.4 Å². The maximum Gasteiger partial charge on any atom is 0.409 e. The number of likely N-dealkylation sites (tertiary alicyclic amines) is 1. The summed E-state index contributed by atoms with van der Waals surface area (Å²) in [6.07, 6.45) is 2.32. The van der Waals surface area contributed by atoms with Gasteiger partial charge in [-0.25, -0.2) is 14.8 Å². The summed E-state index contributed by atoms with van der Waals surface area (Å²) >= 11 is 6.60. The predicted octanol–water partition coefficient (Wildman–Crippen LogP) is 4.80. The first kappa shape index (κ1) is 31.3. The fourth-order valence-electron chi connectivity index (χ4n) is 4.92. The molecule has 1 fully saturated rings. The maximum absolute atomic E-state index is 11.8. The highest BCUT2D eigenvalue weighted by atomic mass is 35.5. The summed E-state index contributed by atoms with van der Waals surface area (Å²) in [6, 6.07) is 5.16. The minimum Gasteiger partial charge on any atom is -0.512 e. The Morgan fingerprint density at radius 3 is 2.58 bits per heavy atom. The molecular weight excluding hydrogens is 534 g/mol. The molecule has 1 amide bonds. The number of hydrogen-bond acceptors (Lipinski definition) is 9. The minimum absolute atomic E-state index is 0.00286. The molecule has 0 aliphatic carbocycles. The molecule has 1 saturated heterocycles. The Morgan fingerprint density at radius 1 is 1.27 bits per heavy atom. The van der Waals surface area contributed by atoms with Gasteiger partial charge in [-0.05, 0) is 83.2 Å². The largest absolute Gasteiger partial charge is 0.512 e. The molecular formula is C29H40ClN5O5. The molecule has 0 bridgehead atoms. The van der Waals surface area contributed by atoms with E-state index in [4.69, 9.17) is 36.5 Å². The van der Waals surface area contributed by atoms with E-state index >= 15 is 0 Å². The lowest BCUT2D eigenvalue weighted by Crippen LogP contribution is -2.38. The Balaban J connectivity index is 1.95. The van der Waals surface area contributed by atoms with Crippen LogP contribution < -0.4 is 10.1 Å². The smallest absolute Gasteiger partial charge is 0.409 e. The van der Waals surface area contributed by atoms with Gasteiger partial charge in [0.15, 0.2) is 5.82 Å². The highest BCUT2D eigenvalue weighted by molar-refractivity contribution is 6.33. The number of likely N-dealkylation sites (N-methyl/N-ethyl adjacent to an activating group) is 1. The summed E-state index contributed by atoms with van der Waals surface area (Å²) in [7, 11) is 3.15. The van der Waals surface area contributed by atoms with Gasteiger partial charge in [0, 0.05) is 36.6 Å². The quantitative estimate of drug-likeness (QED) is 0.222. The number of rotatable bonds is 11. The van der Waals surface area contributed by atoms with Gasteiger partial charge in [-0.3, -0.25) is 0 Å². The standard InChI is InChI=1S/C29H40ClN5O5/c1-17-25(9-6-20-10-12-35(13-11-20)29(38)39-5)33-28(34-27(17)26(18(2)31)19(3)36)23-14-22(7-8-24(23)30)40-16-21(37)15-32-4/h7-8,14,20-21,31-32,36-37H,6,9-13,15-16H2,1-5H3/b26-19+,31-18?/t21-/m1/s1. The van der Waals surface area contributed by atoms with Crippen LogP contribution in [0.5, 0.6) is 5.75 Å². The highest BCUT2D eigenvalue weighted by Gasteiger charge is 2.25. The monoisotopic (exact) mass is 573 g/mol. The second kappa shape index (κ2) is 14.4.